The summed E-state index contributed by atoms with van der Waals surface area (Å²) in [5.41, 5.74) is 2.89. The fraction of sp³-hybridized carbons (Fsp3) is 0.167. The van der Waals surface area contributed by atoms with Crippen LogP contribution in [0, 0.1) is 5.82 Å². The number of hydrogen-bond donors (Lipinski definition) is 0. The van der Waals surface area contributed by atoms with Gasteiger partial charge in [-0.3, -0.25) is 0 Å². The molecule has 2 rings (SSSR count). The van der Waals surface area contributed by atoms with Crippen LogP contribution in [0.25, 0.3) is 5.57 Å². The Bertz CT molecular complexity index is 686. The predicted octanol–water partition coefficient (Wildman–Crippen LogP) is 4.02. The molecule has 4 heteroatoms. The Balaban J connectivity index is 2.26. The monoisotopic (exact) mass is 299 g/mol. The maximum Gasteiger partial charge on any atom is 0.337 e. The number of nitrogens with zero attached hydrogens (tertiary/aromatic N) is 1. The number of allylic oxidation sites excluding steroid dienone is 2. The molecule has 0 bridgehead atoms. The number of halogens is 1. The van der Waals surface area contributed by atoms with E-state index in [1.807, 2.05) is 19.2 Å². The lowest BCUT2D eigenvalue weighted by Crippen LogP contribution is -2.14. The maximum absolute atomic E-state index is 13.4. The number of carbonyl (C=O) groups excluding carboxylic acids is 1. The first kappa shape index (κ1) is 15.8. The van der Waals surface area contributed by atoms with Gasteiger partial charge in [0.05, 0.1) is 12.7 Å². The molecule has 0 aliphatic carbocycles. The zero-order valence-electron chi connectivity index (χ0n) is 12.7. The van der Waals surface area contributed by atoms with Crippen molar-refractivity contribution in [3.8, 4) is 0 Å². The number of ether oxygens (including phenoxy) is 1. The topological polar surface area (TPSA) is 29.5 Å². The Hall–Kier alpha value is -2.62. The molecule has 22 heavy (non-hydrogen) atoms. The molecule has 0 amide bonds. The molecule has 0 radical (unpaired) electrons. The highest BCUT2D eigenvalue weighted by Gasteiger charge is 2.14. The quantitative estimate of drug-likeness (QED) is 0.786. The van der Waals surface area contributed by atoms with Crippen molar-refractivity contribution in [1.29, 1.82) is 0 Å². The van der Waals surface area contributed by atoms with Crippen LogP contribution < -0.4 is 0 Å². The highest BCUT2D eigenvalue weighted by atomic mass is 19.1. The largest absolute Gasteiger partial charge is 0.465 e. The molecular weight excluding hydrogens is 281 g/mol. The van der Waals surface area contributed by atoms with E-state index in [-0.39, 0.29) is 5.82 Å². The van der Waals surface area contributed by atoms with Crippen LogP contribution in [0.2, 0.25) is 0 Å². The smallest absolute Gasteiger partial charge is 0.337 e. The van der Waals surface area contributed by atoms with E-state index in [4.69, 9.17) is 0 Å². The second kappa shape index (κ2) is 6.89. The normalized spacial score (nSPS) is 14.9. The van der Waals surface area contributed by atoms with Crippen LogP contribution in [-0.2, 0) is 9.53 Å². The molecule has 1 aromatic rings. The Kier molecular flexibility index (Phi) is 4.94. The minimum atomic E-state index is -0.401. The third-order valence-corrected chi connectivity index (χ3v) is 3.36. The van der Waals surface area contributed by atoms with Gasteiger partial charge in [-0.2, -0.15) is 0 Å². The third kappa shape index (κ3) is 3.52. The first-order valence-corrected chi connectivity index (χ1v) is 6.97. The summed E-state index contributed by atoms with van der Waals surface area (Å²) in [5.74, 6) is -0.667. The van der Waals surface area contributed by atoms with Gasteiger partial charge in [0.15, 0.2) is 0 Å². The summed E-state index contributed by atoms with van der Waals surface area (Å²) in [6.45, 7) is 5.94. The lowest BCUT2D eigenvalue weighted by atomic mass is 10.0. The Labute approximate surface area is 129 Å². The van der Waals surface area contributed by atoms with E-state index in [0.717, 1.165) is 17.6 Å². The van der Waals surface area contributed by atoms with Crippen molar-refractivity contribution in [2.24, 2.45) is 0 Å². The number of rotatable bonds is 4. The fourth-order valence-electron chi connectivity index (χ4n) is 2.16. The standard InChI is InChI=1S/C18H18FNO2/c1-4-14(15-6-5-7-17(19)11-15)12-20-9-8-16(10-13(20)2)18(21)22-3/h5-12H,2,4H2,1,3H3/b14-12+. The minimum absolute atomic E-state index is 0.266. The van der Waals surface area contributed by atoms with Crippen molar-refractivity contribution in [2.45, 2.75) is 13.3 Å². The van der Waals surface area contributed by atoms with Crippen LogP contribution in [0.3, 0.4) is 0 Å². The molecule has 0 unspecified atom stereocenters. The predicted molar refractivity (Wildman–Crippen MR) is 84.9 cm³/mol. The molecule has 3 nitrogen and oxygen atoms in total. The number of esters is 1. The highest BCUT2D eigenvalue weighted by molar-refractivity contribution is 5.92. The number of hydrogen-bond acceptors (Lipinski definition) is 3. The average Bonchev–Trinajstić information content (AvgIpc) is 2.53. The highest BCUT2D eigenvalue weighted by Crippen LogP contribution is 2.24. The molecule has 0 aromatic heterocycles. The average molecular weight is 299 g/mol. The zero-order valence-corrected chi connectivity index (χ0v) is 12.7. The lowest BCUT2D eigenvalue weighted by molar-refractivity contribution is -0.135. The molecule has 0 N–H and O–H groups in total. The molecule has 1 aliphatic rings. The molecule has 114 valence electrons. The van der Waals surface area contributed by atoms with Gasteiger partial charge < -0.3 is 9.64 Å². The number of benzene rings is 1. The first-order valence-electron chi connectivity index (χ1n) is 6.97. The maximum atomic E-state index is 13.4. The SMILES string of the molecule is C=C1C=C(C(=O)OC)C=CN1/C=C(\CC)c1cccc(F)c1. The summed E-state index contributed by atoms with van der Waals surface area (Å²) in [6, 6.07) is 6.47. The van der Waals surface area contributed by atoms with E-state index in [2.05, 4.69) is 11.3 Å². The van der Waals surface area contributed by atoms with Crippen molar-refractivity contribution in [1.82, 2.24) is 4.90 Å². The first-order chi connectivity index (χ1) is 10.5. The van der Waals surface area contributed by atoms with Crippen LogP contribution in [0.5, 0.6) is 0 Å². The third-order valence-electron chi connectivity index (χ3n) is 3.36. The second-order valence-electron chi connectivity index (χ2n) is 4.82. The molecule has 1 aromatic carbocycles. The van der Waals surface area contributed by atoms with E-state index >= 15 is 0 Å². The molecule has 0 spiro atoms. The molecule has 1 heterocycles. The van der Waals surface area contributed by atoms with Crippen LogP contribution in [0.4, 0.5) is 4.39 Å². The van der Waals surface area contributed by atoms with E-state index in [9.17, 15) is 9.18 Å². The van der Waals surface area contributed by atoms with Crippen molar-refractivity contribution in [3.05, 3.63) is 78.0 Å². The fourth-order valence-corrected chi connectivity index (χ4v) is 2.16. The molecule has 0 saturated carbocycles. The van der Waals surface area contributed by atoms with E-state index < -0.39 is 5.97 Å². The van der Waals surface area contributed by atoms with Crippen molar-refractivity contribution >= 4 is 11.5 Å². The van der Waals surface area contributed by atoms with Crippen LogP contribution >= 0.6 is 0 Å². The van der Waals surface area contributed by atoms with Crippen LogP contribution in [-0.4, -0.2) is 18.0 Å². The van der Waals surface area contributed by atoms with Gasteiger partial charge in [-0.05, 0) is 41.8 Å². The zero-order chi connectivity index (χ0) is 16.1. The molecule has 1 aliphatic heterocycles. The summed E-state index contributed by atoms with van der Waals surface area (Å²) in [4.78, 5) is 13.3. The van der Waals surface area contributed by atoms with E-state index in [1.54, 1.807) is 29.3 Å². The summed E-state index contributed by atoms with van der Waals surface area (Å²) in [7, 11) is 1.34. The molecule has 0 fully saturated rings. The Morgan fingerprint density at radius 2 is 2.23 bits per heavy atom. The number of carbonyl (C=O) groups is 1. The van der Waals surface area contributed by atoms with E-state index in [0.29, 0.717) is 11.3 Å². The van der Waals surface area contributed by atoms with Gasteiger partial charge in [-0.1, -0.05) is 25.6 Å². The van der Waals surface area contributed by atoms with Crippen LogP contribution in [0.1, 0.15) is 18.9 Å². The summed E-state index contributed by atoms with van der Waals surface area (Å²) in [5, 5.41) is 0. The Morgan fingerprint density at radius 1 is 1.45 bits per heavy atom. The molecule has 0 atom stereocenters. The van der Waals surface area contributed by atoms with Crippen LogP contribution in [0.15, 0.2) is 66.7 Å². The summed E-state index contributed by atoms with van der Waals surface area (Å²) >= 11 is 0. The van der Waals surface area contributed by atoms with Gasteiger partial charge >= 0.3 is 5.97 Å². The van der Waals surface area contributed by atoms with Gasteiger partial charge in [-0.25, -0.2) is 9.18 Å². The molecule has 0 saturated heterocycles. The Morgan fingerprint density at radius 3 is 2.82 bits per heavy atom. The number of methoxy groups -OCH3 is 1. The summed E-state index contributed by atoms with van der Waals surface area (Å²) in [6.07, 6.45) is 7.69. The van der Waals surface area contributed by atoms with Crippen molar-refractivity contribution in [3.63, 3.8) is 0 Å². The van der Waals surface area contributed by atoms with Gasteiger partial charge in [0.2, 0.25) is 0 Å². The van der Waals surface area contributed by atoms with Crippen molar-refractivity contribution in [2.75, 3.05) is 7.11 Å². The van der Waals surface area contributed by atoms with Gasteiger partial charge in [0.1, 0.15) is 5.82 Å². The molecular formula is C18H18FNO2. The van der Waals surface area contributed by atoms with Crippen molar-refractivity contribution < 1.29 is 13.9 Å². The van der Waals surface area contributed by atoms with Gasteiger partial charge in [0, 0.05) is 18.1 Å². The minimum Gasteiger partial charge on any atom is -0.465 e. The second-order valence-corrected chi connectivity index (χ2v) is 4.82. The van der Waals surface area contributed by atoms with Gasteiger partial charge in [-0.15, -0.1) is 0 Å². The van der Waals surface area contributed by atoms with Gasteiger partial charge in [0.25, 0.3) is 0 Å². The summed E-state index contributed by atoms with van der Waals surface area (Å²) < 4.78 is 18.0. The lowest BCUT2D eigenvalue weighted by Gasteiger charge is -2.22. The van der Waals surface area contributed by atoms with E-state index in [1.165, 1.54) is 19.2 Å².